The van der Waals surface area contributed by atoms with Crippen molar-refractivity contribution >= 4 is 22.8 Å². The van der Waals surface area contributed by atoms with E-state index in [0.29, 0.717) is 53.8 Å². The van der Waals surface area contributed by atoms with Crippen LogP contribution in [0.15, 0.2) is 46.9 Å². The van der Waals surface area contributed by atoms with Gasteiger partial charge >= 0.3 is 0 Å². The van der Waals surface area contributed by atoms with Crippen LogP contribution in [-0.4, -0.2) is 57.7 Å². The molecule has 1 aliphatic rings. The molecule has 8 heteroatoms. The molecule has 1 fully saturated rings. The van der Waals surface area contributed by atoms with Gasteiger partial charge in [0.25, 0.3) is 11.8 Å². The topological polar surface area (TPSA) is 90.2 Å². The highest BCUT2D eigenvalue weighted by molar-refractivity contribution is 5.98. The third-order valence-corrected chi connectivity index (χ3v) is 6.04. The lowest BCUT2D eigenvalue weighted by atomic mass is 9.96. The summed E-state index contributed by atoms with van der Waals surface area (Å²) in [4.78, 5) is 27.5. The van der Waals surface area contributed by atoms with Crippen LogP contribution >= 0.6 is 0 Å². The first-order valence-corrected chi connectivity index (χ1v) is 10.9. The third kappa shape index (κ3) is 4.60. The standard InChI is InChI=1S/C25H28N2O6/c1-30-20-9-8-18(22(31-2)23(20)32-3)24(28)26-15-16-10-12-27(13-11-16)25(29)21-14-17-6-4-5-7-19(17)33-21/h4-9,14,16H,10-13,15H2,1-3H3,(H,26,28). The molecular formula is C25H28N2O6. The Balaban J connectivity index is 1.33. The fourth-order valence-corrected chi connectivity index (χ4v) is 4.20. The van der Waals surface area contributed by atoms with Crippen molar-refractivity contribution in [2.75, 3.05) is 41.0 Å². The van der Waals surface area contributed by atoms with Gasteiger partial charge in [0.05, 0.1) is 26.9 Å². The molecule has 8 nitrogen and oxygen atoms in total. The molecule has 1 N–H and O–H groups in total. The summed E-state index contributed by atoms with van der Waals surface area (Å²) in [5.74, 6) is 1.51. The maximum Gasteiger partial charge on any atom is 0.289 e. The van der Waals surface area contributed by atoms with E-state index in [2.05, 4.69) is 5.32 Å². The lowest BCUT2D eigenvalue weighted by Crippen LogP contribution is -2.41. The summed E-state index contributed by atoms with van der Waals surface area (Å²) in [5.41, 5.74) is 1.09. The Morgan fingerprint density at radius 1 is 1.00 bits per heavy atom. The second-order valence-electron chi connectivity index (χ2n) is 7.98. The number of benzene rings is 2. The molecule has 33 heavy (non-hydrogen) atoms. The van der Waals surface area contributed by atoms with Gasteiger partial charge in [-0.3, -0.25) is 9.59 Å². The quantitative estimate of drug-likeness (QED) is 0.587. The molecule has 0 spiro atoms. The molecule has 1 aromatic heterocycles. The Labute approximate surface area is 192 Å². The van der Waals surface area contributed by atoms with Crippen molar-refractivity contribution in [3.63, 3.8) is 0 Å². The van der Waals surface area contributed by atoms with Crippen LogP contribution in [0.1, 0.15) is 33.8 Å². The van der Waals surface area contributed by atoms with Gasteiger partial charge in [-0.1, -0.05) is 18.2 Å². The molecule has 4 rings (SSSR count). The number of hydrogen-bond donors (Lipinski definition) is 1. The van der Waals surface area contributed by atoms with Crippen LogP contribution in [0.5, 0.6) is 17.2 Å². The van der Waals surface area contributed by atoms with E-state index in [1.807, 2.05) is 29.2 Å². The summed E-state index contributed by atoms with van der Waals surface area (Å²) in [5, 5.41) is 3.91. The maximum absolute atomic E-state index is 12.8. The average molecular weight is 453 g/mol. The highest BCUT2D eigenvalue weighted by atomic mass is 16.5. The Hall–Kier alpha value is -3.68. The summed E-state index contributed by atoms with van der Waals surface area (Å²) in [6.07, 6.45) is 1.60. The van der Waals surface area contributed by atoms with E-state index < -0.39 is 0 Å². The van der Waals surface area contributed by atoms with Crippen molar-refractivity contribution in [2.24, 2.45) is 5.92 Å². The molecule has 0 radical (unpaired) electrons. The van der Waals surface area contributed by atoms with Gasteiger partial charge in [0.2, 0.25) is 5.75 Å². The van der Waals surface area contributed by atoms with Crippen molar-refractivity contribution < 1.29 is 28.2 Å². The van der Waals surface area contributed by atoms with Gasteiger partial charge in [-0.05, 0) is 43.0 Å². The number of para-hydroxylation sites is 1. The smallest absolute Gasteiger partial charge is 0.289 e. The molecule has 0 aliphatic carbocycles. The van der Waals surface area contributed by atoms with Gasteiger partial charge in [0.1, 0.15) is 5.58 Å². The zero-order valence-electron chi connectivity index (χ0n) is 19.1. The van der Waals surface area contributed by atoms with E-state index >= 15 is 0 Å². The molecule has 0 atom stereocenters. The minimum absolute atomic E-state index is 0.0938. The summed E-state index contributed by atoms with van der Waals surface area (Å²) >= 11 is 0. The van der Waals surface area contributed by atoms with Crippen LogP contribution in [0.4, 0.5) is 0 Å². The number of piperidine rings is 1. The molecule has 1 saturated heterocycles. The molecule has 2 heterocycles. The normalized spacial score (nSPS) is 14.2. The number of nitrogens with one attached hydrogen (secondary N) is 1. The molecule has 174 valence electrons. The first-order valence-electron chi connectivity index (χ1n) is 10.9. The highest BCUT2D eigenvalue weighted by Gasteiger charge is 2.27. The summed E-state index contributed by atoms with van der Waals surface area (Å²) in [6, 6.07) is 12.7. The Kier molecular flexibility index (Phi) is 6.72. The van der Waals surface area contributed by atoms with Crippen molar-refractivity contribution in [3.05, 3.63) is 53.8 Å². The van der Waals surface area contributed by atoms with Gasteiger partial charge < -0.3 is 28.8 Å². The number of carbonyl (C=O) groups is 2. The number of hydrogen-bond acceptors (Lipinski definition) is 6. The van der Waals surface area contributed by atoms with Crippen molar-refractivity contribution in [1.82, 2.24) is 10.2 Å². The Morgan fingerprint density at radius 3 is 2.39 bits per heavy atom. The second kappa shape index (κ2) is 9.85. The molecule has 2 aromatic carbocycles. The van der Waals surface area contributed by atoms with Gasteiger partial charge in [-0.15, -0.1) is 0 Å². The zero-order valence-corrected chi connectivity index (χ0v) is 19.1. The van der Waals surface area contributed by atoms with Crippen LogP contribution < -0.4 is 19.5 Å². The Morgan fingerprint density at radius 2 is 1.73 bits per heavy atom. The van der Waals surface area contributed by atoms with Crippen molar-refractivity contribution in [3.8, 4) is 17.2 Å². The molecule has 0 bridgehead atoms. The number of amides is 2. The molecule has 0 unspecified atom stereocenters. The molecule has 1 aliphatic heterocycles. The van der Waals surface area contributed by atoms with Crippen LogP contribution in [0.3, 0.4) is 0 Å². The maximum atomic E-state index is 12.8. The zero-order chi connectivity index (χ0) is 23.4. The van der Waals surface area contributed by atoms with Crippen LogP contribution in [0.2, 0.25) is 0 Å². The monoisotopic (exact) mass is 452 g/mol. The first-order chi connectivity index (χ1) is 16.0. The van der Waals surface area contributed by atoms with Crippen LogP contribution in [0.25, 0.3) is 11.0 Å². The number of furan rings is 1. The van der Waals surface area contributed by atoms with Gasteiger partial charge in [-0.25, -0.2) is 0 Å². The predicted molar refractivity (Wildman–Crippen MR) is 123 cm³/mol. The molecule has 0 saturated carbocycles. The lowest BCUT2D eigenvalue weighted by Gasteiger charge is -2.31. The number of rotatable bonds is 7. The second-order valence-corrected chi connectivity index (χ2v) is 7.98. The van der Waals surface area contributed by atoms with E-state index in [0.717, 1.165) is 18.2 Å². The van der Waals surface area contributed by atoms with Crippen molar-refractivity contribution in [2.45, 2.75) is 12.8 Å². The summed E-state index contributed by atoms with van der Waals surface area (Å²) < 4.78 is 21.8. The van der Waals surface area contributed by atoms with Crippen molar-refractivity contribution in [1.29, 1.82) is 0 Å². The van der Waals surface area contributed by atoms with Gasteiger partial charge in [0.15, 0.2) is 17.3 Å². The predicted octanol–water partition coefficient (Wildman–Crippen LogP) is 3.74. The lowest BCUT2D eigenvalue weighted by molar-refractivity contribution is 0.0655. The van der Waals surface area contributed by atoms with Gasteiger partial charge in [0, 0.05) is 25.0 Å². The van der Waals surface area contributed by atoms with E-state index in [-0.39, 0.29) is 17.7 Å². The van der Waals surface area contributed by atoms with Crippen LogP contribution in [0, 0.1) is 5.92 Å². The minimum atomic E-state index is -0.242. The fourth-order valence-electron chi connectivity index (χ4n) is 4.20. The minimum Gasteiger partial charge on any atom is -0.493 e. The fraction of sp³-hybridized carbons (Fsp3) is 0.360. The average Bonchev–Trinajstić information content (AvgIpc) is 3.30. The largest absolute Gasteiger partial charge is 0.493 e. The number of methoxy groups -OCH3 is 3. The summed E-state index contributed by atoms with van der Waals surface area (Å²) in [6.45, 7) is 1.76. The van der Waals surface area contributed by atoms with Gasteiger partial charge in [-0.2, -0.15) is 0 Å². The number of nitrogens with zero attached hydrogens (tertiary/aromatic N) is 1. The molecule has 2 amide bonds. The first kappa shape index (κ1) is 22.5. The van der Waals surface area contributed by atoms with Crippen LogP contribution in [-0.2, 0) is 0 Å². The SMILES string of the molecule is COc1ccc(C(=O)NCC2CCN(C(=O)c3cc4ccccc4o3)CC2)c(OC)c1OC. The number of fused-ring (bicyclic) bond motifs is 1. The molecule has 3 aromatic rings. The number of ether oxygens (including phenoxy) is 3. The molecular weight excluding hydrogens is 424 g/mol. The summed E-state index contributed by atoms with van der Waals surface area (Å²) in [7, 11) is 4.52. The van der Waals surface area contributed by atoms with E-state index in [1.54, 1.807) is 18.2 Å². The third-order valence-electron chi connectivity index (χ3n) is 6.04. The number of likely N-dealkylation sites (tertiary alicyclic amines) is 1. The van der Waals surface area contributed by atoms with E-state index in [9.17, 15) is 9.59 Å². The Bertz CT molecular complexity index is 1110. The number of carbonyl (C=O) groups excluding carboxylic acids is 2. The van der Waals surface area contributed by atoms with E-state index in [1.165, 1.54) is 21.3 Å². The van der Waals surface area contributed by atoms with E-state index in [4.69, 9.17) is 18.6 Å². The highest BCUT2D eigenvalue weighted by Crippen LogP contribution is 2.39.